The van der Waals surface area contributed by atoms with E-state index in [1.54, 1.807) is 0 Å². The minimum atomic E-state index is -0.491. The lowest BCUT2D eigenvalue weighted by atomic mass is 9.94. The van der Waals surface area contributed by atoms with Gasteiger partial charge in [-0.1, -0.05) is 6.92 Å². The highest BCUT2D eigenvalue weighted by molar-refractivity contribution is 9.10. The van der Waals surface area contributed by atoms with Gasteiger partial charge in [-0.15, -0.1) is 0 Å². The molecule has 90 valence electrons. The van der Waals surface area contributed by atoms with Gasteiger partial charge in [0.1, 0.15) is 11.6 Å². The van der Waals surface area contributed by atoms with Crippen molar-refractivity contribution in [2.75, 3.05) is 7.05 Å². The van der Waals surface area contributed by atoms with Gasteiger partial charge in [0.05, 0.1) is 4.47 Å². The van der Waals surface area contributed by atoms with Crippen molar-refractivity contribution in [3.8, 4) is 0 Å². The summed E-state index contributed by atoms with van der Waals surface area (Å²) in [5.74, 6) is -0.797. The highest BCUT2D eigenvalue weighted by atomic mass is 79.9. The van der Waals surface area contributed by atoms with Crippen LogP contribution in [0.2, 0.25) is 0 Å². The highest BCUT2D eigenvalue weighted by Gasteiger charge is 2.18. The highest BCUT2D eigenvalue weighted by Crippen LogP contribution is 2.24. The Morgan fingerprint density at radius 1 is 1.31 bits per heavy atom. The van der Waals surface area contributed by atoms with E-state index < -0.39 is 11.6 Å². The predicted octanol–water partition coefficient (Wildman–Crippen LogP) is 3.51. The van der Waals surface area contributed by atoms with Crippen molar-refractivity contribution >= 4 is 15.9 Å². The van der Waals surface area contributed by atoms with Crippen LogP contribution in [0.5, 0.6) is 0 Å². The van der Waals surface area contributed by atoms with Gasteiger partial charge in [0.2, 0.25) is 0 Å². The fourth-order valence-electron chi connectivity index (χ4n) is 1.54. The molecule has 0 aliphatic heterocycles. The molecule has 0 aliphatic rings. The first-order chi connectivity index (χ1) is 7.47. The zero-order valence-electron chi connectivity index (χ0n) is 9.65. The molecule has 1 N–H and O–H groups in total. The molecule has 1 nitrogen and oxygen atoms in total. The molecular formula is C12H16BrF2N. The Kier molecular flexibility index (Phi) is 4.87. The lowest BCUT2D eigenvalue weighted by Gasteiger charge is -2.20. The van der Waals surface area contributed by atoms with Crippen LogP contribution in [0, 0.1) is 17.6 Å². The van der Waals surface area contributed by atoms with E-state index in [0.717, 1.165) is 0 Å². The van der Waals surface area contributed by atoms with E-state index in [-0.39, 0.29) is 17.5 Å². The first-order valence-corrected chi connectivity index (χ1v) is 6.06. The normalized spacial score (nSPS) is 14.9. The second kappa shape index (κ2) is 5.73. The number of halogens is 3. The Morgan fingerprint density at radius 2 is 1.94 bits per heavy atom. The standard InChI is InChI=1S/C12H16BrF2N/c1-7(8(2)16-3)6-9-11(14)5-4-10(13)12(9)15/h4-5,7-8,16H,6H2,1-3H3. The fraction of sp³-hybridized carbons (Fsp3) is 0.500. The summed E-state index contributed by atoms with van der Waals surface area (Å²) in [5, 5.41) is 3.08. The predicted molar refractivity (Wildman–Crippen MR) is 65.4 cm³/mol. The van der Waals surface area contributed by atoms with Crippen molar-refractivity contribution in [2.24, 2.45) is 5.92 Å². The van der Waals surface area contributed by atoms with Crippen LogP contribution < -0.4 is 5.32 Å². The summed E-state index contributed by atoms with van der Waals surface area (Å²) in [6.45, 7) is 3.97. The molecule has 0 aliphatic carbocycles. The van der Waals surface area contributed by atoms with Crippen molar-refractivity contribution in [1.82, 2.24) is 5.32 Å². The van der Waals surface area contributed by atoms with Crippen molar-refractivity contribution < 1.29 is 8.78 Å². The Morgan fingerprint density at radius 3 is 2.50 bits per heavy atom. The molecule has 1 aromatic carbocycles. The summed E-state index contributed by atoms with van der Waals surface area (Å²) in [5.41, 5.74) is 0.156. The van der Waals surface area contributed by atoms with E-state index in [9.17, 15) is 8.78 Å². The van der Waals surface area contributed by atoms with Gasteiger partial charge >= 0.3 is 0 Å². The lowest BCUT2D eigenvalue weighted by Crippen LogP contribution is -2.30. The lowest BCUT2D eigenvalue weighted by molar-refractivity contribution is 0.408. The second-order valence-electron chi connectivity index (χ2n) is 4.08. The van der Waals surface area contributed by atoms with E-state index in [4.69, 9.17) is 0 Å². The van der Waals surface area contributed by atoms with Gasteiger partial charge in [-0.25, -0.2) is 8.78 Å². The molecular weight excluding hydrogens is 276 g/mol. The maximum absolute atomic E-state index is 13.7. The summed E-state index contributed by atoms with van der Waals surface area (Å²) < 4.78 is 27.5. The zero-order chi connectivity index (χ0) is 12.3. The third-order valence-electron chi connectivity index (χ3n) is 2.97. The average molecular weight is 292 g/mol. The van der Waals surface area contributed by atoms with E-state index in [2.05, 4.69) is 21.2 Å². The van der Waals surface area contributed by atoms with Crippen LogP contribution in [-0.2, 0) is 6.42 Å². The van der Waals surface area contributed by atoms with Crippen LogP contribution in [0.25, 0.3) is 0 Å². The molecule has 2 unspecified atom stereocenters. The van der Waals surface area contributed by atoms with Crippen LogP contribution in [0.3, 0.4) is 0 Å². The SMILES string of the molecule is CNC(C)C(C)Cc1c(F)ccc(Br)c1F. The number of rotatable bonds is 4. The minimum Gasteiger partial charge on any atom is -0.317 e. The molecule has 1 aromatic rings. The van der Waals surface area contributed by atoms with Crippen LogP contribution in [0.1, 0.15) is 19.4 Å². The molecule has 0 heterocycles. The second-order valence-corrected chi connectivity index (χ2v) is 4.93. The van der Waals surface area contributed by atoms with E-state index >= 15 is 0 Å². The van der Waals surface area contributed by atoms with Gasteiger partial charge in [0.25, 0.3) is 0 Å². The van der Waals surface area contributed by atoms with Gasteiger partial charge in [0.15, 0.2) is 0 Å². The topological polar surface area (TPSA) is 12.0 Å². The Bertz CT molecular complexity index is 368. The maximum atomic E-state index is 13.7. The summed E-state index contributed by atoms with van der Waals surface area (Å²) in [6.07, 6.45) is 0.388. The molecule has 2 atom stereocenters. The van der Waals surface area contributed by atoms with Gasteiger partial charge in [0, 0.05) is 11.6 Å². The van der Waals surface area contributed by atoms with Gasteiger partial charge < -0.3 is 5.32 Å². The largest absolute Gasteiger partial charge is 0.317 e. The molecule has 0 saturated carbocycles. The third kappa shape index (κ3) is 3.01. The molecule has 1 rings (SSSR count). The Hall–Kier alpha value is -0.480. The molecule has 0 spiro atoms. The molecule has 4 heteroatoms. The van der Waals surface area contributed by atoms with Crippen LogP contribution in [0.4, 0.5) is 8.78 Å². The summed E-state index contributed by atoms with van der Waals surface area (Å²) in [6, 6.07) is 2.90. The van der Waals surface area contributed by atoms with E-state index in [1.165, 1.54) is 12.1 Å². The Balaban J connectivity index is 2.92. The number of hydrogen-bond acceptors (Lipinski definition) is 1. The van der Waals surface area contributed by atoms with Crippen molar-refractivity contribution in [3.05, 3.63) is 33.8 Å². The van der Waals surface area contributed by atoms with Gasteiger partial charge in [-0.2, -0.15) is 0 Å². The minimum absolute atomic E-state index is 0.156. The van der Waals surface area contributed by atoms with E-state index in [1.807, 2.05) is 20.9 Å². The molecule has 0 aromatic heterocycles. The molecule has 0 saturated heterocycles. The molecule has 0 amide bonds. The van der Waals surface area contributed by atoms with Gasteiger partial charge in [-0.05, 0) is 54.4 Å². The molecule has 0 radical (unpaired) electrons. The average Bonchev–Trinajstić information content (AvgIpc) is 2.28. The monoisotopic (exact) mass is 291 g/mol. The van der Waals surface area contributed by atoms with Crippen molar-refractivity contribution in [1.29, 1.82) is 0 Å². The zero-order valence-corrected chi connectivity index (χ0v) is 11.2. The molecule has 16 heavy (non-hydrogen) atoms. The van der Waals surface area contributed by atoms with Crippen LogP contribution >= 0.6 is 15.9 Å². The van der Waals surface area contributed by atoms with Crippen molar-refractivity contribution in [2.45, 2.75) is 26.3 Å². The number of hydrogen-bond donors (Lipinski definition) is 1. The third-order valence-corrected chi connectivity index (χ3v) is 3.59. The van der Waals surface area contributed by atoms with Gasteiger partial charge in [-0.3, -0.25) is 0 Å². The molecule has 0 bridgehead atoms. The first-order valence-electron chi connectivity index (χ1n) is 5.27. The number of benzene rings is 1. The van der Waals surface area contributed by atoms with E-state index in [0.29, 0.717) is 10.9 Å². The molecule has 0 fully saturated rings. The summed E-state index contributed by atoms with van der Waals surface area (Å²) in [4.78, 5) is 0. The maximum Gasteiger partial charge on any atom is 0.143 e. The number of nitrogens with one attached hydrogen (secondary N) is 1. The van der Waals surface area contributed by atoms with Crippen molar-refractivity contribution in [3.63, 3.8) is 0 Å². The fourth-order valence-corrected chi connectivity index (χ4v) is 1.91. The summed E-state index contributed by atoms with van der Waals surface area (Å²) >= 11 is 3.07. The smallest absolute Gasteiger partial charge is 0.143 e. The first kappa shape index (κ1) is 13.6. The van der Waals surface area contributed by atoms with Crippen LogP contribution in [-0.4, -0.2) is 13.1 Å². The Labute approximate surface area is 103 Å². The van der Waals surface area contributed by atoms with Crippen LogP contribution in [0.15, 0.2) is 16.6 Å². The quantitative estimate of drug-likeness (QED) is 0.837. The summed E-state index contributed by atoms with van der Waals surface area (Å²) in [7, 11) is 1.84.